The number of hydrogen-bond donors (Lipinski definition) is 3. The maximum atomic E-state index is 10.3. The van der Waals surface area contributed by atoms with Crippen LogP contribution < -0.4 is 0 Å². The van der Waals surface area contributed by atoms with Crippen molar-refractivity contribution in [2.24, 2.45) is 0 Å². The van der Waals surface area contributed by atoms with Gasteiger partial charge >= 0.3 is 0 Å². The molecule has 32 heavy (non-hydrogen) atoms. The highest BCUT2D eigenvalue weighted by atomic mass is 16.3. The third-order valence-electron chi connectivity index (χ3n) is 6.06. The van der Waals surface area contributed by atoms with E-state index in [9.17, 15) is 15.3 Å². The van der Waals surface area contributed by atoms with E-state index in [4.69, 9.17) is 0 Å². The molecular weight excluding hydrogens is 396 g/mol. The van der Waals surface area contributed by atoms with Crippen LogP contribution in [0.5, 0.6) is 17.2 Å². The summed E-state index contributed by atoms with van der Waals surface area (Å²) in [5.41, 5.74) is 4.71. The highest BCUT2D eigenvalue weighted by Crippen LogP contribution is 2.42. The average molecular weight is 427 g/mol. The Morgan fingerprint density at radius 3 is 1.12 bits per heavy atom. The van der Waals surface area contributed by atoms with Crippen molar-refractivity contribution < 1.29 is 15.3 Å². The van der Waals surface area contributed by atoms with Crippen LogP contribution in [0.2, 0.25) is 0 Å². The lowest BCUT2D eigenvalue weighted by atomic mass is 9.70. The molecule has 3 heteroatoms. The standard InChI is InChI=1S/C29H30O3/c1-5-8-20-17-23(11-14-26(20)30)29(4,24-12-15-27(31)21(18-24)9-6-2)25-13-16-28(32)22(19-25)10-7-3/h5-7,11-19,30-32H,1-3,8-10H2,4H3. The summed E-state index contributed by atoms with van der Waals surface area (Å²) in [6.07, 6.45) is 6.93. The van der Waals surface area contributed by atoms with Gasteiger partial charge in [0, 0.05) is 5.41 Å². The van der Waals surface area contributed by atoms with E-state index < -0.39 is 5.41 Å². The van der Waals surface area contributed by atoms with Gasteiger partial charge in [-0.1, -0.05) is 54.6 Å². The SMILES string of the molecule is C=CCc1cc(C(C)(c2ccc(O)c(CC=C)c2)c2ccc(O)c(CC=C)c2)ccc1O. The van der Waals surface area contributed by atoms with Crippen molar-refractivity contribution in [3.8, 4) is 17.2 Å². The highest BCUT2D eigenvalue weighted by Gasteiger charge is 2.33. The van der Waals surface area contributed by atoms with Crippen molar-refractivity contribution in [2.45, 2.75) is 31.6 Å². The number of aromatic hydroxyl groups is 3. The first-order valence-electron chi connectivity index (χ1n) is 10.6. The second-order valence-corrected chi connectivity index (χ2v) is 8.13. The molecule has 0 atom stereocenters. The van der Waals surface area contributed by atoms with Crippen molar-refractivity contribution in [3.05, 3.63) is 126 Å². The molecule has 0 aliphatic heterocycles. The fourth-order valence-corrected chi connectivity index (χ4v) is 4.15. The monoisotopic (exact) mass is 426 g/mol. The maximum absolute atomic E-state index is 10.3. The zero-order chi connectivity index (χ0) is 23.3. The maximum Gasteiger partial charge on any atom is 0.119 e. The lowest BCUT2D eigenvalue weighted by molar-refractivity contribution is 0.468. The van der Waals surface area contributed by atoms with Crippen LogP contribution in [0.15, 0.2) is 92.6 Å². The Hall–Kier alpha value is -3.72. The minimum Gasteiger partial charge on any atom is -0.508 e. The van der Waals surface area contributed by atoms with Gasteiger partial charge in [-0.15, -0.1) is 19.7 Å². The van der Waals surface area contributed by atoms with Crippen LogP contribution in [0.1, 0.15) is 40.3 Å². The molecule has 0 amide bonds. The normalized spacial score (nSPS) is 11.2. The molecule has 0 spiro atoms. The molecule has 0 unspecified atom stereocenters. The summed E-state index contributed by atoms with van der Waals surface area (Å²) in [6, 6.07) is 16.9. The molecule has 3 N–H and O–H groups in total. The Kier molecular flexibility index (Phi) is 6.89. The number of allylic oxidation sites excluding steroid dienone is 3. The van der Waals surface area contributed by atoms with Gasteiger partial charge in [-0.3, -0.25) is 0 Å². The van der Waals surface area contributed by atoms with E-state index in [0.717, 1.165) is 33.4 Å². The Morgan fingerprint density at radius 1 is 0.594 bits per heavy atom. The van der Waals surface area contributed by atoms with Gasteiger partial charge < -0.3 is 15.3 Å². The van der Waals surface area contributed by atoms with Crippen LogP contribution in [-0.2, 0) is 24.7 Å². The smallest absolute Gasteiger partial charge is 0.119 e. The molecule has 0 saturated heterocycles. The molecule has 3 rings (SSSR count). The number of hydrogen-bond acceptors (Lipinski definition) is 3. The Balaban J connectivity index is 2.32. The Bertz CT molecular complexity index is 1010. The van der Waals surface area contributed by atoms with Crippen molar-refractivity contribution in [2.75, 3.05) is 0 Å². The van der Waals surface area contributed by atoms with Crippen LogP contribution in [-0.4, -0.2) is 15.3 Å². The number of phenols is 3. The quantitative estimate of drug-likeness (QED) is 0.276. The predicted octanol–water partition coefficient (Wildman–Crippen LogP) is 6.34. The van der Waals surface area contributed by atoms with E-state index in [0.29, 0.717) is 19.3 Å². The summed E-state index contributed by atoms with van der Waals surface area (Å²) in [7, 11) is 0. The summed E-state index contributed by atoms with van der Waals surface area (Å²) in [4.78, 5) is 0. The molecule has 0 bridgehead atoms. The van der Waals surface area contributed by atoms with Crippen LogP contribution in [0.3, 0.4) is 0 Å². The van der Waals surface area contributed by atoms with Gasteiger partial charge in [-0.25, -0.2) is 0 Å². The van der Waals surface area contributed by atoms with Crippen LogP contribution >= 0.6 is 0 Å². The third kappa shape index (κ3) is 4.33. The molecular formula is C29H30O3. The first-order chi connectivity index (χ1) is 15.3. The van der Waals surface area contributed by atoms with E-state index in [-0.39, 0.29) is 17.2 Å². The van der Waals surface area contributed by atoms with Gasteiger partial charge in [-0.05, 0) is 77.8 Å². The van der Waals surface area contributed by atoms with Crippen molar-refractivity contribution in [1.82, 2.24) is 0 Å². The number of phenolic OH excluding ortho intramolecular Hbond substituents is 3. The lowest BCUT2D eigenvalue weighted by Crippen LogP contribution is -2.26. The van der Waals surface area contributed by atoms with E-state index >= 15 is 0 Å². The minimum absolute atomic E-state index is 0.229. The molecule has 3 aromatic carbocycles. The summed E-state index contributed by atoms with van der Waals surface area (Å²) in [5, 5.41) is 31.0. The molecule has 164 valence electrons. The van der Waals surface area contributed by atoms with E-state index in [1.54, 1.807) is 36.4 Å². The minimum atomic E-state index is -0.614. The molecule has 0 aliphatic rings. The number of benzene rings is 3. The van der Waals surface area contributed by atoms with E-state index in [1.807, 2.05) is 36.4 Å². The zero-order valence-corrected chi connectivity index (χ0v) is 18.5. The lowest BCUT2D eigenvalue weighted by Gasteiger charge is -2.33. The van der Waals surface area contributed by atoms with Gasteiger partial charge in [0.15, 0.2) is 0 Å². The molecule has 3 aromatic rings. The number of rotatable bonds is 9. The highest BCUT2D eigenvalue weighted by molar-refractivity contribution is 5.56. The van der Waals surface area contributed by atoms with Crippen molar-refractivity contribution >= 4 is 0 Å². The van der Waals surface area contributed by atoms with Gasteiger partial charge in [0.05, 0.1) is 0 Å². The molecule has 3 nitrogen and oxygen atoms in total. The fourth-order valence-electron chi connectivity index (χ4n) is 4.15. The van der Waals surface area contributed by atoms with Crippen LogP contribution in [0.4, 0.5) is 0 Å². The predicted molar refractivity (Wildman–Crippen MR) is 132 cm³/mol. The molecule has 0 saturated carbocycles. The van der Waals surface area contributed by atoms with Gasteiger partial charge in [0.2, 0.25) is 0 Å². The largest absolute Gasteiger partial charge is 0.508 e. The van der Waals surface area contributed by atoms with Crippen LogP contribution in [0, 0.1) is 0 Å². The van der Waals surface area contributed by atoms with Crippen LogP contribution in [0.25, 0.3) is 0 Å². The molecule has 0 heterocycles. The molecule has 0 aromatic heterocycles. The summed E-state index contributed by atoms with van der Waals surface area (Å²) in [6.45, 7) is 13.5. The second-order valence-electron chi connectivity index (χ2n) is 8.13. The first-order valence-corrected chi connectivity index (χ1v) is 10.6. The Morgan fingerprint density at radius 2 is 0.875 bits per heavy atom. The molecule has 0 fully saturated rings. The van der Waals surface area contributed by atoms with Crippen molar-refractivity contribution in [3.63, 3.8) is 0 Å². The fraction of sp³-hybridized carbons (Fsp3) is 0.172. The van der Waals surface area contributed by atoms with Crippen molar-refractivity contribution in [1.29, 1.82) is 0 Å². The van der Waals surface area contributed by atoms with Gasteiger partial charge in [0.25, 0.3) is 0 Å². The summed E-state index contributed by atoms with van der Waals surface area (Å²) >= 11 is 0. The van der Waals surface area contributed by atoms with E-state index in [1.165, 1.54) is 0 Å². The summed E-state index contributed by atoms with van der Waals surface area (Å²) in [5.74, 6) is 0.686. The van der Waals surface area contributed by atoms with Gasteiger partial charge in [0.1, 0.15) is 17.2 Å². The average Bonchev–Trinajstić information content (AvgIpc) is 2.78. The third-order valence-corrected chi connectivity index (χ3v) is 6.06. The summed E-state index contributed by atoms with van der Waals surface area (Å²) < 4.78 is 0. The second kappa shape index (κ2) is 9.61. The topological polar surface area (TPSA) is 60.7 Å². The molecule has 0 aliphatic carbocycles. The Labute approximate surface area is 190 Å². The van der Waals surface area contributed by atoms with Gasteiger partial charge in [-0.2, -0.15) is 0 Å². The first kappa shape index (κ1) is 23.0. The van der Waals surface area contributed by atoms with E-state index in [2.05, 4.69) is 26.7 Å². The molecule has 0 radical (unpaired) electrons. The zero-order valence-electron chi connectivity index (χ0n) is 18.5.